The molecule has 0 aromatic heterocycles. The minimum absolute atomic E-state index is 0.155. The van der Waals surface area contributed by atoms with Gasteiger partial charge in [0.05, 0.1) is 11.1 Å². The Morgan fingerprint density at radius 2 is 1.78 bits per heavy atom. The van der Waals surface area contributed by atoms with E-state index in [2.05, 4.69) is 0 Å². The number of carboxylic acids is 1. The molecule has 6 heteroatoms. The van der Waals surface area contributed by atoms with Crippen LogP contribution in [0.5, 0.6) is 0 Å². The fraction of sp³-hybridized carbons (Fsp3) is 0.250. The second-order valence-electron chi connectivity index (χ2n) is 3.79. The first-order valence-electron chi connectivity index (χ1n) is 5.43. The molecule has 2 amide bonds. The molecule has 0 radical (unpaired) electrons. The van der Waals surface area contributed by atoms with Crippen molar-refractivity contribution in [3.8, 4) is 0 Å². The molecule has 0 spiro atoms. The molecule has 0 bridgehead atoms. The molecule has 1 aromatic rings. The van der Waals surface area contributed by atoms with Gasteiger partial charge in [0.2, 0.25) is 0 Å². The summed E-state index contributed by atoms with van der Waals surface area (Å²) in [4.78, 5) is 39.5. The number of aliphatic carboxylic acids is 1. The number of nitrogens with zero attached hydrogens (tertiary/aromatic N) is 1. The number of imide groups is 1. The summed E-state index contributed by atoms with van der Waals surface area (Å²) in [7, 11) is 0. The lowest BCUT2D eigenvalue weighted by Gasteiger charge is -2.17. The predicted molar refractivity (Wildman–Crippen MR) is 59.7 cm³/mol. The van der Waals surface area contributed by atoms with E-state index in [0.29, 0.717) is 5.06 Å². The maximum Gasteiger partial charge on any atom is 0.335 e. The third-order valence-electron chi connectivity index (χ3n) is 2.64. The van der Waals surface area contributed by atoms with Crippen molar-refractivity contribution in [1.82, 2.24) is 5.06 Å². The maximum atomic E-state index is 11.9. The normalized spacial score (nSPS) is 15.7. The predicted octanol–water partition coefficient (Wildman–Crippen LogP) is 1.08. The number of rotatable bonds is 4. The van der Waals surface area contributed by atoms with Crippen LogP contribution in [0, 0.1) is 0 Å². The summed E-state index contributed by atoms with van der Waals surface area (Å²) < 4.78 is 0. The molecule has 18 heavy (non-hydrogen) atoms. The van der Waals surface area contributed by atoms with E-state index in [1.165, 1.54) is 12.1 Å². The third kappa shape index (κ3) is 1.86. The SMILES string of the molecule is CCC(ON1C(=O)c2ccccc2C1=O)C(=O)O. The van der Waals surface area contributed by atoms with Crippen LogP contribution in [-0.2, 0) is 9.63 Å². The Labute approximate surface area is 103 Å². The van der Waals surface area contributed by atoms with Crippen molar-refractivity contribution in [3.63, 3.8) is 0 Å². The topological polar surface area (TPSA) is 83.9 Å². The van der Waals surface area contributed by atoms with E-state index < -0.39 is 23.9 Å². The molecule has 1 atom stereocenters. The lowest BCUT2D eigenvalue weighted by atomic mass is 10.1. The molecule has 1 aliphatic rings. The minimum atomic E-state index is -1.22. The molecule has 1 heterocycles. The molecular formula is C12H11NO5. The van der Waals surface area contributed by atoms with Crippen LogP contribution in [0.15, 0.2) is 24.3 Å². The van der Waals surface area contributed by atoms with Gasteiger partial charge in [0, 0.05) is 0 Å². The van der Waals surface area contributed by atoms with Gasteiger partial charge >= 0.3 is 5.97 Å². The molecule has 2 rings (SSSR count). The van der Waals surface area contributed by atoms with Gasteiger partial charge in [-0.15, -0.1) is 5.06 Å². The average Bonchev–Trinajstić information content (AvgIpc) is 2.60. The Kier molecular flexibility index (Phi) is 3.12. The van der Waals surface area contributed by atoms with Gasteiger partial charge in [-0.25, -0.2) is 9.63 Å². The van der Waals surface area contributed by atoms with Crippen molar-refractivity contribution in [2.45, 2.75) is 19.4 Å². The number of carbonyl (C=O) groups is 3. The number of benzene rings is 1. The summed E-state index contributed by atoms with van der Waals surface area (Å²) in [6.45, 7) is 1.59. The van der Waals surface area contributed by atoms with Crippen LogP contribution < -0.4 is 0 Å². The Hall–Kier alpha value is -2.21. The van der Waals surface area contributed by atoms with E-state index in [-0.39, 0.29) is 17.5 Å². The molecule has 1 N–H and O–H groups in total. The van der Waals surface area contributed by atoms with Crippen LogP contribution in [-0.4, -0.2) is 34.1 Å². The van der Waals surface area contributed by atoms with E-state index >= 15 is 0 Å². The van der Waals surface area contributed by atoms with Gasteiger partial charge in [-0.3, -0.25) is 9.59 Å². The fourth-order valence-electron chi connectivity index (χ4n) is 1.68. The third-order valence-corrected chi connectivity index (χ3v) is 2.64. The quantitative estimate of drug-likeness (QED) is 0.807. The maximum absolute atomic E-state index is 11.9. The lowest BCUT2D eigenvalue weighted by Crippen LogP contribution is -2.37. The molecule has 0 saturated heterocycles. The average molecular weight is 249 g/mol. The lowest BCUT2D eigenvalue weighted by molar-refractivity contribution is -0.174. The zero-order valence-electron chi connectivity index (χ0n) is 9.62. The summed E-state index contributed by atoms with van der Waals surface area (Å²) in [5, 5.41) is 9.37. The smallest absolute Gasteiger partial charge is 0.335 e. The molecule has 6 nitrogen and oxygen atoms in total. The van der Waals surface area contributed by atoms with Crippen LogP contribution in [0.3, 0.4) is 0 Å². The van der Waals surface area contributed by atoms with Gasteiger partial charge in [-0.2, -0.15) is 0 Å². The van der Waals surface area contributed by atoms with Gasteiger partial charge in [0.1, 0.15) is 0 Å². The number of amides is 2. The first-order valence-corrected chi connectivity index (χ1v) is 5.43. The van der Waals surface area contributed by atoms with Gasteiger partial charge in [0.25, 0.3) is 11.8 Å². The molecule has 1 unspecified atom stereocenters. The number of hydrogen-bond acceptors (Lipinski definition) is 4. The summed E-state index contributed by atoms with van der Waals surface area (Å²) in [5.41, 5.74) is 0.450. The van der Waals surface area contributed by atoms with Crippen LogP contribution in [0.4, 0.5) is 0 Å². The Balaban J connectivity index is 2.26. The molecule has 0 aliphatic carbocycles. The van der Waals surface area contributed by atoms with E-state index in [9.17, 15) is 14.4 Å². The van der Waals surface area contributed by atoms with Crippen LogP contribution >= 0.6 is 0 Å². The molecular weight excluding hydrogens is 238 g/mol. The highest BCUT2D eigenvalue weighted by atomic mass is 16.7. The fourth-order valence-corrected chi connectivity index (χ4v) is 1.68. The van der Waals surface area contributed by atoms with Gasteiger partial charge in [-0.05, 0) is 18.6 Å². The van der Waals surface area contributed by atoms with Crippen LogP contribution in [0.1, 0.15) is 34.1 Å². The van der Waals surface area contributed by atoms with E-state index in [1.807, 2.05) is 0 Å². The molecule has 94 valence electrons. The zero-order chi connectivity index (χ0) is 13.3. The minimum Gasteiger partial charge on any atom is -0.479 e. The molecule has 1 aromatic carbocycles. The first-order chi connectivity index (χ1) is 8.56. The molecule has 0 fully saturated rings. The van der Waals surface area contributed by atoms with Crippen molar-refractivity contribution in [3.05, 3.63) is 35.4 Å². The van der Waals surface area contributed by atoms with Gasteiger partial charge < -0.3 is 5.11 Å². The van der Waals surface area contributed by atoms with Crippen molar-refractivity contribution < 1.29 is 24.3 Å². The second-order valence-corrected chi connectivity index (χ2v) is 3.79. The number of hydrogen-bond donors (Lipinski definition) is 1. The summed E-state index contributed by atoms with van der Waals surface area (Å²) in [6.07, 6.45) is -1.06. The highest BCUT2D eigenvalue weighted by molar-refractivity contribution is 6.20. The summed E-state index contributed by atoms with van der Waals surface area (Å²) in [6, 6.07) is 6.26. The van der Waals surface area contributed by atoms with Gasteiger partial charge in [0.15, 0.2) is 6.10 Å². The van der Waals surface area contributed by atoms with Crippen molar-refractivity contribution in [2.24, 2.45) is 0 Å². The largest absolute Gasteiger partial charge is 0.479 e. The number of carboxylic acid groups (broad SMARTS) is 1. The highest BCUT2D eigenvalue weighted by Gasteiger charge is 2.38. The second kappa shape index (κ2) is 4.58. The Morgan fingerprint density at radius 3 is 2.17 bits per heavy atom. The highest BCUT2D eigenvalue weighted by Crippen LogP contribution is 2.23. The van der Waals surface area contributed by atoms with Crippen LogP contribution in [0.25, 0.3) is 0 Å². The Morgan fingerprint density at radius 1 is 1.28 bits per heavy atom. The van der Waals surface area contributed by atoms with E-state index in [1.54, 1.807) is 19.1 Å². The van der Waals surface area contributed by atoms with Gasteiger partial charge in [-0.1, -0.05) is 19.1 Å². The standard InChI is InChI=1S/C12H11NO5/c1-2-9(12(16)17)18-13-10(14)7-5-3-4-6-8(7)11(13)15/h3-6,9H,2H2,1H3,(H,16,17). The number of fused-ring (bicyclic) bond motifs is 1. The van der Waals surface area contributed by atoms with Crippen molar-refractivity contribution in [1.29, 1.82) is 0 Å². The number of carbonyl (C=O) groups excluding carboxylic acids is 2. The van der Waals surface area contributed by atoms with Crippen LogP contribution in [0.2, 0.25) is 0 Å². The zero-order valence-corrected chi connectivity index (χ0v) is 9.62. The Bertz CT molecular complexity index is 490. The molecule has 0 saturated carbocycles. The van der Waals surface area contributed by atoms with Crippen molar-refractivity contribution in [2.75, 3.05) is 0 Å². The first kappa shape index (κ1) is 12.3. The van der Waals surface area contributed by atoms with E-state index in [4.69, 9.17) is 9.94 Å². The van der Waals surface area contributed by atoms with Crippen molar-refractivity contribution >= 4 is 17.8 Å². The van der Waals surface area contributed by atoms with E-state index in [0.717, 1.165) is 0 Å². The molecule has 1 aliphatic heterocycles. The monoisotopic (exact) mass is 249 g/mol. The summed E-state index contributed by atoms with van der Waals surface area (Å²) >= 11 is 0. The number of hydroxylamine groups is 2. The summed E-state index contributed by atoms with van der Waals surface area (Å²) in [5.74, 6) is -2.47.